The predicted octanol–water partition coefficient (Wildman–Crippen LogP) is 6.16. The molecule has 0 fully saturated rings. The molecule has 0 atom stereocenters. The maximum atomic E-state index is 13.5. The normalized spacial score (nSPS) is 11.6. The van der Waals surface area contributed by atoms with Gasteiger partial charge >= 0.3 is 0 Å². The number of nitrogens with zero attached hydrogens (tertiary/aromatic N) is 3. The summed E-state index contributed by atoms with van der Waals surface area (Å²) in [7, 11) is -4.05. The molecule has 196 valence electrons. The van der Waals surface area contributed by atoms with Gasteiger partial charge in [0.15, 0.2) is 0 Å². The highest BCUT2D eigenvalue weighted by molar-refractivity contribution is 9.10. The number of hydrazone groups is 1. The lowest BCUT2D eigenvalue weighted by molar-refractivity contribution is -0.119. The summed E-state index contributed by atoms with van der Waals surface area (Å²) in [6.45, 7) is 5.24. The number of carbonyl (C=O) groups excluding carboxylic acids is 1. The van der Waals surface area contributed by atoms with Gasteiger partial charge in [-0.3, -0.25) is 9.10 Å². The average molecular weight is 614 g/mol. The van der Waals surface area contributed by atoms with Crippen molar-refractivity contribution in [3.8, 4) is 5.69 Å². The summed E-state index contributed by atoms with van der Waals surface area (Å²) < 4.78 is 31.2. The molecule has 1 aromatic heterocycles. The minimum atomic E-state index is -4.05. The van der Waals surface area contributed by atoms with Crippen LogP contribution >= 0.6 is 27.5 Å². The van der Waals surface area contributed by atoms with Gasteiger partial charge in [0, 0.05) is 32.1 Å². The molecule has 0 bridgehead atoms. The fraction of sp³-hybridized carbons (Fsp3) is 0.143. The fourth-order valence-electron chi connectivity index (χ4n) is 4.12. The number of anilines is 1. The Morgan fingerprint density at radius 1 is 1.03 bits per heavy atom. The summed E-state index contributed by atoms with van der Waals surface area (Å²) in [5.74, 6) is -0.596. The molecule has 1 heterocycles. The van der Waals surface area contributed by atoms with Gasteiger partial charge in [-0.25, -0.2) is 13.8 Å². The Labute approximate surface area is 235 Å². The Bertz CT molecular complexity index is 1600. The minimum Gasteiger partial charge on any atom is -0.318 e. The summed E-state index contributed by atoms with van der Waals surface area (Å²) in [5.41, 5.74) is 7.23. The first kappa shape index (κ1) is 27.6. The molecule has 1 amide bonds. The zero-order valence-electron chi connectivity index (χ0n) is 21.0. The lowest BCUT2D eigenvalue weighted by Crippen LogP contribution is -2.40. The zero-order valence-corrected chi connectivity index (χ0v) is 24.2. The van der Waals surface area contributed by atoms with E-state index in [1.165, 1.54) is 18.2 Å². The minimum absolute atomic E-state index is 0.0658. The molecule has 3 aromatic carbocycles. The van der Waals surface area contributed by atoms with Gasteiger partial charge in [0.1, 0.15) is 6.54 Å². The van der Waals surface area contributed by atoms with Crippen LogP contribution in [-0.2, 0) is 14.8 Å². The summed E-state index contributed by atoms with van der Waals surface area (Å²) in [4.78, 5) is 13.0. The second-order valence-electron chi connectivity index (χ2n) is 8.69. The molecule has 0 spiro atoms. The number of amides is 1. The predicted molar refractivity (Wildman–Crippen MR) is 156 cm³/mol. The van der Waals surface area contributed by atoms with E-state index in [-0.39, 0.29) is 4.90 Å². The smallest absolute Gasteiger partial charge is 0.264 e. The molecule has 0 saturated heterocycles. The van der Waals surface area contributed by atoms with Gasteiger partial charge in [-0.15, -0.1) is 0 Å². The number of benzene rings is 3. The van der Waals surface area contributed by atoms with Crippen LogP contribution in [0.5, 0.6) is 0 Å². The number of aromatic nitrogens is 1. The third kappa shape index (κ3) is 6.01. The highest BCUT2D eigenvalue weighted by Crippen LogP contribution is 2.29. The molecule has 0 saturated carbocycles. The first-order chi connectivity index (χ1) is 18.1. The van der Waals surface area contributed by atoms with Crippen molar-refractivity contribution in [2.75, 3.05) is 10.8 Å². The van der Waals surface area contributed by atoms with Crippen molar-refractivity contribution in [1.82, 2.24) is 9.99 Å². The summed E-state index contributed by atoms with van der Waals surface area (Å²) in [5, 5.41) is 4.47. The van der Waals surface area contributed by atoms with E-state index in [4.69, 9.17) is 11.6 Å². The number of hydrogen-bond donors (Lipinski definition) is 1. The van der Waals surface area contributed by atoms with Gasteiger partial charge in [-0.05, 0) is 80.9 Å². The number of aryl methyl sites for hydroxylation is 2. The highest BCUT2D eigenvalue weighted by Gasteiger charge is 2.28. The van der Waals surface area contributed by atoms with E-state index >= 15 is 0 Å². The van der Waals surface area contributed by atoms with Crippen molar-refractivity contribution in [3.05, 3.63) is 111 Å². The molecule has 0 aliphatic rings. The average Bonchev–Trinajstić information content (AvgIpc) is 3.17. The number of halogens is 2. The molecule has 10 heteroatoms. The molecule has 0 unspecified atom stereocenters. The number of rotatable bonds is 8. The van der Waals surface area contributed by atoms with Crippen molar-refractivity contribution in [2.24, 2.45) is 5.10 Å². The van der Waals surface area contributed by atoms with E-state index in [0.717, 1.165) is 31.4 Å². The molecule has 0 radical (unpaired) electrons. The topological polar surface area (TPSA) is 83.8 Å². The van der Waals surface area contributed by atoms with Crippen molar-refractivity contribution in [3.63, 3.8) is 0 Å². The molecule has 4 rings (SSSR count). The number of sulfonamides is 1. The molecular weight excluding hydrogens is 588 g/mol. The SMILES string of the molecule is Cc1ccc(Cl)cc1N(CC(=O)N/N=C/c1cc(C)n(-c2ccc(Br)cc2)c1C)S(=O)(=O)c1ccccc1. The van der Waals surface area contributed by atoms with Gasteiger partial charge in [0.25, 0.3) is 15.9 Å². The second-order valence-corrected chi connectivity index (χ2v) is 11.9. The van der Waals surface area contributed by atoms with Crippen LogP contribution < -0.4 is 9.73 Å². The summed E-state index contributed by atoms with van der Waals surface area (Å²) in [6, 6.07) is 22.8. The van der Waals surface area contributed by atoms with E-state index in [1.54, 1.807) is 43.5 Å². The van der Waals surface area contributed by atoms with Crippen LogP contribution in [0.15, 0.2) is 93.3 Å². The standard InChI is InChI=1S/C28H26BrClN4O3S/c1-19-9-12-24(30)16-27(19)33(38(36,37)26-7-5-4-6-8-26)18-28(35)32-31-17-22-15-20(2)34(21(22)3)25-13-10-23(29)11-14-25/h4-17H,18H2,1-3H3,(H,32,35)/b31-17+. The van der Waals surface area contributed by atoms with Crippen molar-refractivity contribution in [1.29, 1.82) is 0 Å². The van der Waals surface area contributed by atoms with Crippen LogP contribution in [0.25, 0.3) is 5.69 Å². The Hall–Kier alpha value is -3.40. The van der Waals surface area contributed by atoms with E-state index in [1.807, 2.05) is 44.2 Å². The van der Waals surface area contributed by atoms with Gasteiger partial charge < -0.3 is 4.57 Å². The molecule has 1 N–H and O–H groups in total. The van der Waals surface area contributed by atoms with Crippen LogP contribution in [0.3, 0.4) is 0 Å². The first-order valence-electron chi connectivity index (χ1n) is 11.7. The van der Waals surface area contributed by atoms with Crippen LogP contribution in [0.1, 0.15) is 22.5 Å². The molecule has 0 aliphatic heterocycles. The lowest BCUT2D eigenvalue weighted by atomic mass is 10.2. The molecule has 0 aliphatic carbocycles. The second kappa shape index (κ2) is 11.6. The van der Waals surface area contributed by atoms with Crippen molar-refractivity contribution < 1.29 is 13.2 Å². The Balaban J connectivity index is 1.57. The fourth-order valence-corrected chi connectivity index (χ4v) is 6.05. The highest BCUT2D eigenvalue weighted by atomic mass is 79.9. The van der Waals surface area contributed by atoms with Crippen molar-refractivity contribution >= 4 is 55.4 Å². The number of nitrogens with one attached hydrogen (secondary N) is 1. The molecule has 4 aromatic rings. The largest absolute Gasteiger partial charge is 0.318 e. The quantitative estimate of drug-likeness (QED) is 0.191. The first-order valence-corrected chi connectivity index (χ1v) is 14.3. The monoisotopic (exact) mass is 612 g/mol. The Morgan fingerprint density at radius 3 is 2.39 bits per heavy atom. The van der Waals surface area contributed by atoms with Crippen LogP contribution in [0.2, 0.25) is 5.02 Å². The zero-order chi connectivity index (χ0) is 27.4. The van der Waals surface area contributed by atoms with E-state index in [9.17, 15) is 13.2 Å². The van der Waals surface area contributed by atoms with E-state index in [0.29, 0.717) is 16.3 Å². The van der Waals surface area contributed by atoms with Gasteiger partial charge in [-0.1, -0.05) is 51.8 Å². The van der Waals surface area contributed by atoms with Gasteiger partial charge in [-0.2, -0.15) is 5.10 Å². The van der Waals surface area contributed by atoms with Gasteiger partial charge in [0.2, 0.25) is 0 Å². The summed E-state index contributed by atoms with van der Waals surface area (Å²) >= 11 is 9.63. The lowest BCUT2D eigenvalue weighted by Gasteiger charge is -2.25. The van der Waals surface area contributed by atoms with Gasteiger partial charge in [0.05, 0.1) is 16.8 Å². The van der Waals surface area contributed by atoms with E-state index < -0.39 is 22.5 Å². The number of carbonyl (C=O) groups is 1. The Kier molecular flexibility index (Phi) is 8.40. The van der Waals surface area contributed by atoms with Crippen molar-refractivity contribution in [2.45, 2.75) is 25.7 Å². The van der Waals surface area contributed by atoms with E-state index in [2.05, 4.69) is 31.0 Å². The van der Waals surface area contributed by atoms with Crippen LogP contribution in [0.4, 0.5) is 5.69 Å². The maximum Gasteiger partial charge on any atom is 0.264 e. The number of hydrogen-bond acceptors (Lipinski definition) is 4. The third-order valence-electron chi connectivity index (χ3n) is 6.01. The molecule has 7 nitrogen and oxygen atoms in total. The maximum absolute atomic E-state index is 13.5. The third-order valence-corrected chi connectivity index (χ3v) is 8.54. The molecular formula is C28H26BrClN4O3S. The van der Waals surface area contributed by atoms with Crippen LogP contribution in [-0.4, -0.2) is 31.7 Å². The molecule has 38 heavy (non-hydrogen) atoms. The Morgan fingerprint density at radius 2 is 1.71 bits per heavy atom. The summed E-state index contributed by atoms with van der Waals surface area (Å²) in [6.07, 6.45) is 1.55. The van der Waals surface area contributed by atoms with Crippen LogP contribution in [0, 0.1) is 20.8 Å².